The largest absolute Gasteiger partial charge is 0.504 e. The van der Waals surface area contributed by atoms with Crippen LogP contribution < -0.4 is 24.4 Å². The van der Waals surface area contributed by atoms with Gasteiger partial charge in [-0.05, 0) is 25.1 Å². The molecule has 17 heteroatoms. The van der Waals surface area contributed by atoms with Gasteiger partial charge in [-0.25, -0.2) is 0 Å². The van der Waals surface area contributed by atoms with E-state index in [1.165, 1.54) is 39.3 Å². The average Bonchev–Trinajstić information content (AvgIpc) is 3.03. The number of carbonyl (C=O) groups excluding carboxylic acids is 2. The van der Waals surface area contributed by atoms with Crippen LogP contribution in [0.2, 0.25) is 0 Å². The fourth-order valence-electron chi connectivity index (χ4n) is 4.83. The molecule has 47 heavy (non-hydrogen) atoms. The van der Waals surface area contributed by atoms with Crippen molar-refractivity contribution in [3.63, 3.8) is 0 Å². The summed E-state index contributed by atoms with van der Waals surface area (Å²) in [5.74, 6) is -3.02. The second-order valence-corrected chi connectivity index (χ2v) is 10.7. The van der Waals surface area contributed by atoms with Gasteiger partial charge in [-0.15, -0.1) is 0 Å². The zero-order valence-corrected chi connectivity index (χ0v) is 25.6. The van der Waals surface area contributed by atoms with Gasteiger partial charge in [0.05, 0.1) is 27.8 Å². The molecule has 1 aliphatic heterocycles. The summed E-state index contributed by atoms with van der Waals surface area (Å²) >= 11 is 0. The number of phenolic OH excluding ortho intramolecular Hbond substituents is 2. The van der Waals surface area contributed by atoms with Crippen LogP contribution in [0.4, 0.5) is 0 Å². The monoisotopic (exact) mass is 666 g/mol. The summed E-state index contributed by atoms with van der Waals surface area (Å²) in [5.41, 5.74) is -2.51. The van der Waals surface area contributed by atoms with Crippen molar-refractivity contribution in [2.24, 2.45) is 0 Å². The summed E-state index contributed by atoms with van der Waals surface area (Å²) in [4.78, 5) is 35.9. The van der Waals surface area contributed by atoms with Crippen LogP contribution in [0.5, 0.6) is 34.5 Å². The molecule has 0 amide bonds. The summed E-state index contributed by atoms with van der Waals surface area (Å²) in [7, 11) is 3.65. The third kappa shape index (κ3) is 7.28. The van der Waals surface area contributed by atoms with E-state index in [1.54, 1.807) is 0 Å². The number of methoxy groups -OCH3 is 3. The first-order valence-electron chi connectivity index (χ1n) is 13.9. The fourth-order valence-corrected chi connectivity index (χ4v) is 4.83. The maximum Gasteiger partial charge on any atom is 0.308 e. The van der Waals surface area contributed by atoms with Gasteiger partial charge in [-0.1, -0.05) is 0 Å². The molecule has 6 N–H and O–H groups in total. The molecule has 4 rings (SSSR count). The van der Waals surface area contributed by atoms with Crippen LogP contribution in [0.3, 0.4) is 0 Å². The van der Waals surface area contributed by atoms with Crippen LogP contribution in [0.25, 0.3) is 22.3 Å². The van der Waals surface area contributed by atoms with Gasteiger partial charge in [0.1, 0.15) is 54.4 Å². The molecule has 0 spiro atoms. The van der Waals surface area contributed by atoms with Crippen LogP contribution in [-0.4, -0.2) is 114 Å². The number of esters is 1. The van der Waals surface area contributed by atoms with Crippen LogP contribution in [0.1, 0.15) is 13.3 Å². The molecule has 6 unspecified atom stereocenters. The Labute approximate surface area is 265 Å². The molecule has 1 fully saturated rings. The maximum absolute atomic E-state index is 13.2. The van der Waals surface area contributed by atoms with Crippen LogP contribution in [0, 0.1) is 0 Å². The summed E-state index contributed by atoms with van der Waals surface area (Å²) < 4.78 is 42.8. The lowest BCUT2D eigenvalue weighted by atomic mass is 9.99. The third-order valence-electron chi connectivity index (χ3n) is 7.19. The number of carbonyl (C=O) groups is 2. The first-order valence-corrected chi connectivity index (χ1v) is 13.9. The second kappa shape index (κ2) is 14.3. The smallest absolute Gasteiger partial charge is 0.308 e. The Morgan fingerprint density at radius 3 is 2.32 bits per heavy atom. The number of aliphatic hydroxyl groups excluding tert-OH is 3. The first-order chi connectivity index (χ1) is 22.3. The van der Waals surface area contributed by atoms with Gasteiger partial charge in [0.15, 0.2) is 28.3 Å². The Morgan fingerprint density at radius 2 is 1.68 bits per heavy atom. The Morgan fingerprint density at radius 1 is 0.979 bits per heavy atom. The second-order valence-electron chi connectivity index (χ2n) is 10.7. The van der Waals surface area contributed by atoms with E-state index in [4.69, 9.17) is 32.8 Å². The highest BCUT2D eigenvalue weighted by Gasteiger charge is 2.46. The van der Waals surface area contributed by atoms with E-state index in [2.05, 4.69) is 4.74 Å². The molecule has 0 bridgehead atoms. The van der Waals surface area contributed by atoms with Crippen molar-refractivity contribution in [3.05, 3.63) is 34.5 Å². The van der Waals surface area contributed by atoms with Crippen molar-refractivity contribution in [3.8, 4) is 45.8 Å². The number of aromatic hydroxyl groups is 2. The number of hydrogen-bond donors (Lipinski definition) is 6. The minimum Gasteiger partial charge on any atom is -0.504 e. The molecular formula is C30H34O17. The Bertz CT molecular complexity index is 1660. The maximum atomic E-state index is 13.2. The van der Waals surface area contributed by atoms with Gasteiger partial charge < -0.3 is 68.2 Å². The van der Waals surface area contributed by atoms with Crippen molar-refractivity contribution < 1.29 is 77.8 Å². The summed E-state index contributed by atoms with van der Waals surface area (Å²) in [6.07, 6.45) is -9.53. The van der Waals surface area contributed by atoms with Gasteiger partial charge in [0.25, 0.3) is 6.47 Å². The van der Waals surface area contributed by atoms with Gasteiger partial charge >= 0.3 is 5.97 Å². The van der Waals surface area contributed by atoms with Crippen molar-refractivity contribution in [2.75, 3.05) is 34.5 Å². The Balaban J connectivity index is 1.69. The highest BCUT2D eigenvalue weighted by molar-refractivity contribution is 5.95. The van der Waals surface area contributed by atoms with Gasteiger partial charge in [-0.3, -0.25) is 14.4 Å². The molecule has 0 saturated carbocycles. The molecule has 0 radical (unpaired) electrons. The SMILES string of the molecule is COc1cc(-c2cc(=O)c3c(O)c(OC)c(OC4OC(COC(=O)CC(C)(O)COC=O)C(O)C(O)C4O)c(OC)c3o2)ccc1O. The average molecular weight is 667 g/mol. The van der Waals surface area contributed by atoms with Gasteiger partial charge in [0.2, 0.25) is 23.5 Å². The predicted molar refractivity (Wildman–Crippen MR) is 156 cm³/mol. The van der Waals surface area contributed by atoms with Crippen molar-refractivity contribution in [1.29, 1.82) is 0 Å². The zero-order valence-electron chi connectivity index (χ0n) is 25.6. The van der Waals surface area contributed by atoms with Crippen molar-refractivity contribution in [2.45, 2.75) is 49.7 Å². The van der Waals surface area contributed by atoms with Gasteiger partial charge in [-0.2, -0.15) is 0 Å². The lowest BCUT2D eigenvalue weighted by Gasteiger charge is -2.40. The number of hydrogen-bond acceptors (Lipinski definition) is 17. The normalized spacial score (nSPS) is 22.2. The Kier molecular flexibility index (Phi) is 10.7. The van der Waals surface area contributed by atoms with Crippen LogP contribution in [-0.2, 0) is 23.8 Å². The number of phenols is 2. The lowest BCUT2D eigenvalue weighted by Crippen LogP contribution is -2.60. The van der Waals surface area contributed by atoms with E-state index in [1.807, 2.05) is 0 Å². The van der Waals surface area contributed by atoms with E-state index < -0.39 is 84.6 Å². The van der Waals surface area contributed by atoms with Crippen molar-refractivity contribution in [1.82, 2.24) is 0 Å². The number of benzene rings is 2. The van der Waals surface area contributed by atoms with E-state index in [9.17, 15) is 45.0 Å². The van der Waals surface area contributed by atoms with E-state index in [0.29, 0.717) is 5.56 Å². The molecule has 0 aliphatic carbocycles. The molecule has 1 aromatic heterocycles. The number of rotatable bonds is 13. The van der Waals surface area contributed by atoms with Crippen molar-refractivity contribution >= 4 is 23.4 Å². The lowest BCUT2D eigenvalue weighted by molar-refractivity contribution is -0.279. The Hall–Kier alpha value is -4.81. The summed E-state index contributed by atoms with van der Waals surface area (Å²) in [6.45, 7) is 0.139. The number of ether oxygens (including phenoxy) is 7. The molecule has 256 valence electrons. The van der Waals surface area contributed by atoms with E-state index >= 15 is 0 Å². The van der Waals surface area contributed by atoms with Crippen LogP contribution in [0.15, 0.2) is 33.5 Å². The highest BCUT2D eigenvalue weighted by atomic mass is 16.7. The zero-order chi connectivity index (χ0) is 34.6. The quantitative estimate of drug-likeness (QED) is 0.103. The molecular weight excluding hydrogens is 632 g/mol. The summed E-state index contributed by atoms with van der Waals surface area (Å²) in [6, 6.07) is 5.24. The molecule has 6 atom stereocenters. The number of aliphatic hydroxyl groups is 4. The van der Waals surface area contributed by atoms with Gasteiger partial charge in [0, 0.05) is 11.6 Å². The van der Waals surface area contributed by atoms with Crippen LogP contribution >= 0.6 is 0 Å². The molecule has 2 aromatic carbocycles. The standard InChI is InChI=1S/C30H34O17/c1-30(39,11-43-12-31)9-19(34)44-10-18-21(35)23(37)24(38)29(46-18)47-28-26(41-3)22(36)20-15(33)8-16(45-25(20)27(28)42-4)13-5-6-14(32)17(7-13)40-2/h5-8,12,18,21,23-24,29,32,35-39H,9-11H2,1-4H3. The molecule has 17 nitrogen and oxygen atoms in total. The molecule has 3 aromatic rings. The predicted octanol–water partition coefficient (Wildman–Crippen LogP) is -0.0593. The number of fused-ring (bicyclic) bond motifs is 1. The third-order valence-corrected chi connectivity index (χ3v) is 7.19. The molecule has 1 aliphatic rings. The topological polar surface area (TPSA) is 250 Å². The highest BCUT2D eigenvalue weighted by Crippen LogP contribution is 2.51. The molecule has 2 heterocycles. The molecule has 1 saturated heterocycles. The minimum atomic E-state index is -1.92. The summed E-state index contributed by atoms with van der Waals surface area (Å²) in [5, 5.41) is 62.7. The first kappa shape index (κ1) is 35.1. The van der Waals surface area contributed by atoms with E-state index in [0.717, 1.165) is 13.2 Å². The fraction of sp³-hybridized carbons (Fsp3) is 0.433. The minimum absolute atomic E-state index is 0.0271. The van der Waals surface area contributed by atoms with E-state index in [-0.39, 0.29) is 40.5 Å².